The van der Waals surface area contributed by atoms with Crippen LogP contribution >= 0.6 is 11.6 Å². The van der Waals surface area contributed by atoms with Crippen molar-refractivity contribution in [3.63, 3.8) is 0 Å². The second kappa shape index (κ2) is 4.68. The molecule has 0 unspecified atom stereocenters. The number of benzene rings is 1. The van der Waals surface area contributed by atoms with Gasteiger partial charge in [0.1, 0.15) is 17.6 Å². The maximum Gasteiger partial charge on any atom is 0.174 e. The zero-order chi connectivity index (χ0) is 9.68. The summed E-state index contributed by atoms with van der Waals surface area (Å²) in [7, 11) is 0. The summed E-state index contributed by atoms with van der Waals surface area (Å²) in [6, 6.07) is 5.94. The minimum atomic E-state index is -0.411. The van der Waals surface area contributed by atoms with E-state index in [4.69, 9.17) is 21.6 Å². The predicted octanol–water partition coefficient (Wildman–Crippen LogP) is 2.47. The Balaban J connectivity index is 2.83. The number of halogens is 2. The van der Waals surface area contributed by atoms with Gasteiger partial charge >= 0.3 is 0 Å². The first kappa shape index (κ1) is 9.82. The van der Waals surface area contributed by atoms with Crippen LogP contribution in [0.3, 0.4) is 0 Å². The van der Waals surface area contributed by atoms with Gasteiger partial charge in [0.05, 0.1) is 0 Å². The molecular weight excluding hydrogens is 193 g/mol. The van der Waals surface area contributed by atoms with Crippen molar-refractivity contribution in [1.29, 1.82) is 5.26 Å². The SMILES string of the molecule is N#CCOc1cc(F)cc(CCl)c1. The number of alkyl halides is 1. The fourth-order valence-corrected chi connectivity index (χ4v) is 1.05. The number of rotatable bonds is 3. The number of ether oxygens (including phenoxy) is 1. The molecule has 0 amide bonds. The Morgan fingerprint density at radius 3 is 2.85 bits per heavy atom. The third-order valence-electron chi connectivity index (χ3n) is 1.39. The number of nitriles is 1. The normalized spacial score (nSPS) is 9.31. The fraction of sp³-hybridized carbons (Fsp3) is 0.222. The molecule has 0 saturated heterocycles. The summed E-state index contributed by atoms with van der Waals surface area (Å²) in [5.41, 5.74) is 0.634. The Kier molecular flexibility index (Phi) is 3.53. The number of hydrogen-bond donors (Lipinski definition) is 0. The van der Waals surface area contributed by atoms with Gasteiger partial charge in [0.2, 0.25) is 0 Å². The second-order valence-electron chi connectivity index (χ2n) is 2.38. The lowest BCUT2D eigenvalue weighted by Gasteiger charge is -2.03. The lowest BCUT2D eigenvalue weighted by atomic mass is 10.2. The summed E-state index contributed by atoms with van der Waals surface area (Å²) in [5, 5.41) is 8.23. The van der Waals surface area contributed by atoms with Gasteiger partial charge in [-0.05, 0) is 17.7 Å². The molecule has 0 N–H and O–H groups in total. The Hall–Kier alpha value is -1.27. The van der Waals surface area contributed by atoms with E-state index in [2.05, 4.69) is 0 Å². The van der Waals surface area contributed by atoms with Crippen molar-refractivity contribution in [2.24, 2.45) is 0 Å². The van der Waals surface area contributed by atoms with Crippen LogP contribution < -0.4 is 4.74 Å². The maximum absolute atomic E-state index is 12.8. The topological polar surface area (TPSA) is 33.0 Å². The van der Waals surface area contributed by atoms with E-state index in [9.17, 15) is 4.39 Å². The molecule has 2 nitrogen and oxygen atoms in total. The van der Waals surface area contributed by atoms with E-state index >= 15 is 0 Å². The zero-order valence-electron chi connectivity index (χ0n) is 6.76. The van der Waals surface area contributed by atoms with Crippen LogP contribution in [0.2, 0.25) is 0 Å². The number of hydrogen-bond acceptors (Lipinski definition) is 2. The first-order valence-electron chi connectivity index (χ1n) is 3.61. The van der Waals surface area contributed by atoms with Crippen LogP contribution in [-0.4, -0.2) is 6.61 Å². The highest BCUT2D eigenvalue weighted by atomic mass is 35.5. The zero-order valence-corrected chi connectivity index (χ0v) is 7.51. The molecular formula is C9H7ClFNO. The number of nitrogens with zero attached hydrogens (tertiary/aromatic N) is 1. The molecule has 13 heavy (non-hydrogen) atoms. The first-order chi connectivity index (χ1) is 6.26. The van der Waals surface area contributed by atoms with Crippen LogP contribution in [0.25, 0.3) is 0 Å². The molecule has 0 aliphatic heterocycles. The molecule has 0 aromatic heterocycles. The molecule has 0 radical (unpaired) electrons. The van der Waals surface area contributed by atoms with E-state index < -0.39 is 5.82 Å². The van der Waals surface area contributed by atoms with E-state index in [1.165, 1.54) is 12.1 Å². The van der Waals surface area contributed by atoms with Crippen LogP contribution in [0.15, 0.2) is 18.2 Å². The van der Waals surface area contributed by atoms with Crippen LogP contribution in [0.4, 0.5) is 4.39 Å². The Labute approximate surface area is 80.5 Å². The van der Waals surface area contributed by atoms with E-state index in [1.54, 1.807) is 12.1 Å². The second-order valence-corrected chi connectivity index (χ2v) is 2.64. The average molecular weight is 200 g/mol. The van der Waals surface area contributed by atoms with Crippen molar-refractivity contribution in [3.05, 3.63) is 29.6 Å². The first-order valence-corrected chi connectivity index (χ1v) is 4.15. The molecule has 0 bridgehead atoms. The molecule has 4 heteroatoms. The molecule has 0 spiro atoms. The highest BCUT2D eigenvalue weighted by Crippen LogP contribution is 2.17. The van der Waals surface area contributed by atoms with Crippen LogP contribution in [0.1, 0.15) is 5.56 Å². The van der Waals surface area contributed by atoms with Crippen LogP contribution in [0, 0.1) is 17.1 Å². The quantitative estimate of drug-likeness (QED) is 0.701. The summed E-state index contributed by atoms with van der Waals surface area (Å²) in [6.45, 7) is -0.0921. The van der Waals surface area contributed by atoms with Crippen molar-refractivity contribution in [3.8, 4) is 11.8 Å². The molecule has 0 fully saturated rings. The average Bonchev–Trinajstić information content (AvgIpc) is 2.14. The minimum Gasteiger partial charge on any atom is -0.479 e. The summed E-state index contributed by atoms with van der Waals surface area (Å²) < 4.78 is 17.7. The molecule has 0 atom stereocenters. The van der Waals surface area contributed by atoms with Gasteiger partial charge in [0.25, 0.3) is 0 Å². The van der Waals surface area contributed by atoms with Gasteiger partial charge in [0.15, 0.2) is 6.61 Å². The molecule has 0 aliphatic carbocycles. The van der Waals surface area contributed by atoms with Crippen molar-refractivity contribution >= 4 is 11.6 Å². The third kappa shape index (κ3) is 2.92. The van der Waals surface area contributed by atoms with E-state index in [0.717, 1.165) is 0 Å². The highest BCUT2D eigenvalue weighted by Gasteiger charge is 2.00. The van der Waals surface area contributed by atoms with Gasteiger partial charge < -0.3 is 4.74 Å². The summed E-state index contributed by atoms with van der Waals surface area (Å²) in [6.07, 6.45) is 0. The molecule has 0 saturated carbocycles. The van der Waals surface area contributed by atoms with Crippen molar-refractivity contribution < 1.29 is 9.13 Å². The van der Waals surface area contributed by atoms with E-state index in [1.807, 2.05) is 0 Å². The van der Waals surface area contributed by atoms with Gasteiger partial charge in [-0.25, -0.2) is 4.39 Å². The third-order valence-corrected chi connectivity index (χ3v) is 1.70. The van der Waals surface area contributed by atoms with Gasteiger partial charge in [0, 0.05) is 11.9 Å². The maximum atomic E-state index is 12.8. The predicted molar refractivity (Wildman–Crippen MR) is 47.1 cm³/mol. The van der Waals surface area contributed by atoms with Crippen molar-refractivity contribution in [1.82, 2.24) is 0 Å². The molecule has 0 heterocycles. The van der Waals surface area contributed by atoms with Crippen LogP contribution in [0.5, 0.6) is 5.75 Å². The molecule has 68 valence electrons. The fourth-order valence-electron chi connectivity index (χ4n) is 0.897. The van der Waals surface area contributed by atoms with E-state index in [0.29, 0.717) is 11.3 Å². The molecule has 1 aromatic rings. The van der Waals surface area contributed by atoms with Crippen molar-refractivity contribution in [2.75, 3.05) is 6.61 Å². The summed E-state index contributed by atoms with van der Waals surface area (Å²) in [5.74, 6) is 0.143. The minimum absolute atomic E-state index is 0.0921. The molecule has 0 aliphatic rings. The highest BCUT2D eigenvalue weighted by molar-refractivity contribution is 6.17. The Bertz CT molecular complexity index is 335. The van der Waals surface area contributed by atoms with Gasteiger partial charge in [-0.2, -0.15) is 5.26 Å². The lowest BCUT2D eigenvalue weighted by Crippen LogP contribution is -1.95. The monoisotopic (exact) mass is 199 g/mol. The van der Waals surface area contributed by atoms with Crippen molar-refractivity contribution in [2.45, 2.75) is 5.88 Å². The summed E-state index contributed by atoms with van der Waals surface area (Å²) >= 11 is 5.52. The Morgan fingerprint density at radius 2 is 2.23 bits per heavy atom. The smallest absolute Gasteiger partial charge is 0.174 e. The molecule has 1 aromatic carbocycles. The standard InChI is InChI=1S/C9H7ClFNO/c10-6-7-3-8(11)5-9(4-7)13-2-1-12/h3-5H,2,6H2. The Morgan fingerprint density at radius 1 is 1.46 bits per heavy atom. The largest absolute Gasteiger partial charge is 0.479 e. The van der Waals surface area contributed by atoms with Gasteiger partial charge in [-0.15, -0.1) is 11.6 Å². The van der Waals surface area contributed by atoms with Crippen LogP contribution in [-0.2, 0) is 5.88 Å². The summed E-state index contributed by atoms with van der Waals surface area (Å²) in [4.78, 5) is 0. The van der Waals surface area contributed by atoms with Gasteiger partial charge in [-0.1, -0.05) is 0 Å². The lowest BCUT2D eigenvalue weighted by molar-refractivity contribution is 0.365. The van der Waals surface area contributed by atoms with Gasteiger partial charge in [-0.3, -0.25) is 0 Å². The molecule has 1 rings (SSSR count). The van der Waals surface area contributed by atoms with E-state index in [-0.39, 0.29) is 12.5 Å².